The van der Waals surface area contributed by atoms with Gasteiger partial charge >= 0.3 is 6.18 Å². The second-order valence-electron chi connectivity index (χ2n) is 8.19. The molecule has 9 heteroatoms. The predicted molar refractivity (Wildman–Crippen MR) is 104 cm³/mol. The maximum atomic E-state index is 13.7. The number of pyridine rings is 1. The number of hydrazine groups is 1. The van der Waals surface area contributed by atoms with Gasteiger partial charge in [0.05, 0.1) is 22.5 Å². The molecule has 0 radical (unpaired) electrons. The fourth-order valence-electron chi connectivity index (χ4n) is 4.33. The van der Waals surface area contributed by atoms with Gasteiger partial charge < -0.3 is 5.32 Å². The minimum atomic E-state index is -4.43. The molecule has 158 valence electrons. The molecule has 6 nitrogen and oxygen atoms in total. The van der Waals surface area contributed by atoms with Crippen LogP contribution in [0.1, 0.15) is 36.8 Å². The number of hydrogen-bond donors (Lipinski definition) is 2. The third-order valence-electron chi connectivity index (χ3n) is 6.14. The zero-order valence-corrected chi connectivity index (χ0v) is 16.2. The van der Waals surface area contributed by atoms with Crippen LogP contribution in [0.4, 0.5) is 13.2 Å². The van der Waals surface area contributed by atoms with Crippen molar-refractivity contribution in [2.45, 2.75) is 37.4 Å². The van der Waals surface area contributed by atoms with Crippen LogP contribution in [0.25, 0.3) is 10.9 Å². The topological polar surface area (TPSA) is 95.0 Å². The van der Waals surface area contributed by atoms with E-state index in [-0.39, 0.29) is 37.8 Å². The highest BCUT2D eigenvalue weighted by molar-refractivity contribution is 5.89. The van der Waals surface area contributed by atoms with Crippen molar-refractivity contribution in [1.82, 2.24) is 15.3 Å². The Hall–Kier alpha value is -2.70. The third kappa shape index (κ3) is 3.61. The first-order valence-corrected chi connectivity index (χ1v) is 9.90. The predicted octanol–water partition coefficient (Wildman–Crippen LogP) is 2.98. The van der Waals surface area contributed by atoms with Crippen LogP contribution in [-0.4, -0.2) is 35.2 Å². The Kier molecular flexibility index (Phi) is 5.16. The van der Waals surface area contributed by atoms with Gasteiger partial charge in [-0.2, -0.15) is 18.4 Å². The van der Waals surface area contributed by atoms with Crippen molar-refractivity contribution in [3.63, 3.8) is 0 Å². The minimum absolute atomic E-state index is 0.0857. The number of carbonyl (C=O) groups excluding carboxylic acids is 1. The van der Waals surface area contributed by atoms with Crippen LogP contribution in [0.15, 0.2) is 30.5 Å². The molecule has 1 aromatic heterocycles. The van der Waals surface area contributed by atoms with E-state index >= 15 is 0 Å². The molecule has 1 aliphatic heterocycles. The highest BCUT2D eigenvalue weighted by Gasteiger charge is 2.52. The van der Waals surface area contributed by atoms with Crippen LogP contribution in [-0.2, 0) is 10.3 Å². The molecule has 0 unspecified atom stereocenters. The van der Waals surface area contributed by atoms with Crippen molar-refractivity contribution in [2.75, 3.05) is 13.1 Å². The lowest BCUT2D eigenvalue weighted by Gasteiger charge is -2.47. The van der Waals surface area contributed by atoms with Gasteiger partial charge in [-0.3, -0.25) is 14.8 Å². The lowest BCUT2D eigenvalue weighted by Crippen LogP contribution is -2.63. The molecule has 30 heavy (non-hydrogen) atoms. The summed E-state index contributed by atoms with van der Waals surface area (Å²) in [4.78, 5) is 17.2. The SMILES string of the molecule is N#Cc1ccc([C@@]2(N(N)C(=O)CC3CC3)CNC[C@@H](C(F)(F)F)C2)c2cccnc12. The first-order valence-electron chi connectivity index (χ1n) is 9.90. The van der Waals surface area contributed by atoms with Crippen molar-refractivity contribution in [3.8, 4) is 6.07 Å². The molecule has 1 amide bonds. The Balaban J connectivity index is 1.87. The number of amides is 1. The van der Waals surface area contributed by atoms with Gasteiger partial charge in [-0.1, -0.05) is 12.1 Å². The number of alkyl halides is 3. The van der Waals surface area contributed by atoms with E-state index in [1.165, 1.54) is 12.3 Å². The van der Waals surface area contributed by atoms with Crippen LogP contribution in [0.2, 0.25) is 0 Å². The van der Waals surface area contributed by atoms with E-state index in [0.29, 0.717) is 22.0 Å². The Bertz CT molecular complexity index is 1010. The number of nitriles is 1. The molecule has 1 saturated carbocycles. The van der Waals surface area contributed by atoms with Crippen LogP contribution >= 0.6 is 0 Å². The maximum Gasteiger partial charge on any atom is 0.393 e. The van der Waals surface area contributed by atoms with Crippen molar-refractivity contribution < 1.29 is 18.0 Å². The Morgan fingerprint density at radius 3 is 2.80 bits per heavy atom. The molecule has 4 rings (SSSR count). The summed E-state index contributed by atoms with van der Waals surface area (Å²) < 4.78 is 41.0. The summed E-state index contributed by atoms with van der Waals surface area (Å²) >= 11 is 0. The first kappa shape index (κ1) is 20.6. The van der Waals surface area contributed by atoms with Gasteiger partial charge in [-0.15, -0.1) is 0 Å². The largest absolute Gasteiger partial charge is 0.393 e. The summed E-state index contributed by atoms with van der Waals surface area (Å²) in [5, 5.41) is 13.8. The molecule has 2 fully saturated rings. The summed E-state index contributed by atoms with van der Waals surface area (Å²) in [6.45, 7) is -0.148. The number of piperidine rings is 1. The van der Waals surface area contributed by atoms with Crippen LogP contribution in [0.3, 0.4) is 0 Å². The smallest absolute Gasteiger partial charge is 0.313 e. The summed E-state index contributed by atoms with van der Waals surface area (Å²) in [5.74, 6) is 4.51. The van der Waals surface area contributed by atoms with Gasteiger partial charge in [0.2, 0.25) is 5.91 Å². The second-order valence-corrected chi connectivity index (χ2v) is 8.19. The Morgan fingerprint density at radius 1 is 1.37 bits per heavy atom. The number of nitrogens with zero attached hydrogens (tertiary/aromatic N) is 3. The summed E-state index contributed by atoms with van der Waals surface area (Å²) in [5.41, 5.74) is -0.236. The van der Waals surface area contributed by atoms with E-state index in [0.717, 1.165) is 17.9 Å². The number of aromatic nitrogens is 1. The lowest BCUT2D eigenvalue weighted by atomic mass is 9.75. The average molecular weight is 417 g/mol. The van der Waals surface area contributed by atoms with Crippen molar-refractivity contribution in [1.29, 1.82) is 5.26 Å². The first-order chi connectivity index (χ1) is 14.3. The molecular formula is C21H22F3N5O. The van der Waals surface area contributed by atoms with Gasteiger partial charge in [0, 0.05) is 31.1 Å². The minimum Gasteiger partial charge on any atom is -0.313 e. The van der Waals surface area contributed by atoms with Gasteiger partial charge in [0.15, 0.2) is 0 Å². The number of hydrogen-bond acceptors (Lipinski definition) is 5. The van der Waals surface area contributed by atoms with Crippen molar-refractivity contribution in [2.24, 2.45) is 17.7 Å². The monoisotopic (exact) mass is 417 g/mol. The second kappa shape index (κ2) is 7.52. The number of benzene rings is 1. The van der Waals surface area contributed by atoms with E-state index in [2.05, 4.69) is 16.4 Å². The lowest BCUT2D eigenvalue weighted by molar-refractivity contribution is -0.192. The molecule has 1 aliphatic carbocycles. The number of rotatable bonds is 4. The molecule has 0 spiro atoms. The van der Waals surface area contributed by atoms with Crippen molar-refractivity contribution in [3.05, 3.63) is 41.6 Å². The molecule has 0 bridgehead atoms. The van der Waals surface area contributed by atoms with Gasteiger partial charge in [-0.25, -0.2) is 5.84 Å². The normalized spacial score (nSPS) is 24.4. The van der Waals surface area contributed by atoms with Crippen LogP contribution in [0, 0.1) is 23.2 Å². The standard InChI is InChI=1S/C21H22F3N5O/c22-21(23,24)15-9-20(12-27-11-15,29(26)18(30)8-13-3-4-13)17-6-5-14(10-25)19-16(17)2-1-7-28-19/h1-2,5-7,13,15,27H,3-4,8-9,11-12,26H2/t15-,20-/m0/s1. The fraction of sp³-hybridized carbons (Fsp3) is 0.476. The number of nitrogens with two attached hydrogens (primary N) is 1. The van der Waals surface area contributed by atoms with Crippen molar-refractivity contribution >= 4 is 16.8 Å². The zero-order chi connectivity index (χ0) is 21.5. The number of carbonyl (C=O) groups is 1. The molecule has 3 N–H and O–H groups in total. The molecule has 1 aromatic carbocycles. The summed E-state index contributed by atoms with van der Waals surface area (Å²) in [6, 6.07) is 8.56. The highest BCUT2D eigenvalue weighted by atomic mass is 19.4. The maximum absolute atomic E-state index is 13.7. The average Bonchev–Trinajstić information content (AvgIpc) is 3.55. The van der Waals surface area contributed by atoms with Gasteiger partial charge in [-0.05, 0) is 42.9 Å². The van der Waals surface area contributed by atoms with E-state index in [4.69, 9.17) is 5.84 Å². The van der Waals surface area contributed by atoms with Gasteiger partial charge in [0.1, 0.15) is 6.07 Å². The molecule has 2 atom stereocenters. The fourth-order valence-corrected chi connectivity index (χ4v) is 4.33. The molecule has 2 aliphatic rings. The number of nitrogens with one attached hydrogen (secondary N) is 1. The molecule has 2 aromatic rings. The Morgan fingerprint density at radius 2 is 2.13 bits per heavy atom. The molecule has 2 heterocycles. The summed E-state index contributed by atoms with van der Waals surface area (Å²) in [7, 11) is 0. The Labute approximate surface area is 171 Å². The van der Waals surface area contributed by atoms with Gasteiger partial charge in [0.25, 0.3) is 0 Å². The summed E-state index contributed by atoms with van der Waals surface area (Å²) in [6.07, 6.45) is -1.18. The van der Waals surface area contributed by atoms with Crippen LogP contribution < -0.4 is 11.2 Å². The molecule has 1 saturated heterocycles. The number of halogens is 3. The quantitative estimate of drug-likeness (QED) is 0.453. The van der Waals surface area contributed by atoms with E-state index in [9.17, 15) is 23.2 Å². The highest BCUT2D eigenvalue weighted by Crippen LogP contribution is 2.44. The molecular weight excluding hydrogens is 395 g/mol. The number of fused-ring (bicyclic) bond motifs is 1. The third-order valence-corrected chi connectivity index (χ3v) is 6.14. The zero-order valence-electron chi connectivity index (χ0n) is 16.2. The van der Waals surface area contributed by atoms with E-state index in [1.807, 2.05) is 0 Å². The van der Waals surface area contributed by atoms with E-state index < -0.39 is 17.6 Å². The van der Waals surface area contributed by atoms with Crippen LogP contribution in [0.5, 0.6) is 0 Å². The van der Waals surface area contributed by atoms with E-state index in [1.54, 1.807) is 18.2 Å².